The van der Waals surface area contributed by atoms with Gasteiger partial charge in [0.2, 0.25) is 0 Å². The molecule has 0 amide bonds. The van der Waals surface area contributed by atoms with Gasteiger partial charge in [0.25, 0.3) is 0 Å². The summed E-state index contributed by atoms with van der Waals surface area (Å²) in [5, 5.41) is 0. The minimum Gasteiger partial charge on any atom is -0.364 e. The normalized spacial score (nSPS) is 24.6. The fraction of sp³-hybridized carbons (Fsp3) is 0.400. The zero-order valence-corrected chi connectivity index (χ0v) is 7.23. The van der Waals surface area contributed by atoms with E-state index in [4.69, 9.17) is 4.74 Å². The summed E-state index contributed by atoms with van der Waals surface area (Å²) in [7, 11) is 2.09. The summed E-state index contributed by atoms with van der Waals surface area (Å²) in [5.74, 6) is 0. The van der Waals surface area contributed by atoms with Crippen LogP contribution < -0.4 is 0 Å². The minimum absolute atomic E-state index is 0.450. The zero-order valence-electron chi connectivity index (χ0n) is 7.23. The van der Waals surface area contributed by atoms with Crippen molar-refractivity contribution in [3.05, 3.63) is 35.9 Å². The summed E-state index contributed by atoms with van der Waals surface area (Å²) in [5.41, 5.74) is 1.34. The Morgan fingerprint density at radius 2 is 2.08 bits per heavy atom. The monoisotopic (exact) mass is 163 g/mol. The van der Waals surface area contributed by atoms with Gasteiger partial charge in [-0.2, -0.15) is 0 Å². The van der Waals surface area contributed by atoms with E-state index in [1.54, 1.807) is 0 Å². The van der Waals surface area contributed by atoms with Crippen molar-refractivity contribution in [3.63, 3.8) is 0 Å². The number of benzene rings is 1. The molecule has 2 nitrogen and oxygen atoms in total. The molecule has 0 N–H and O–H groups in total. The average Bonchev–Trinajstić information content (AvgIpc) is 2.53. The van der Waals surface area contributed by atoms with Gasteiger partial charge >= 0.3 is 0 Å². The highest BCUT2D eigenvalue weighted by atomic mass is 16.5. The van der Waals surface area contributed by atoms with E-state index in [1.165, 1.54) is 5.56 Å². The fourth-order valence-electron chi connectivity index (χ4n) is 1.55. The molecule has 1 aliphatic heterocycles. The number of ether oxygens (including phenoxy) is 1. The molecule has 0 aliphatic carbocycles. The SMILES string of the molecule is CN1COCC1c1ccccc1. The molecular weight excluding hydrogens is 150 g/mol. The van der Waals surface area contributed by atoms with Gasteiger partial charge in [-0.1, -0.05) is 30.3 Å². The molecule has 1 fully saturated rings. The van der Waals surface area contributed by atoms with Crippen molar-refractivity contribution in [2.75, 3.05) is 20.4 Å². The summed E-state index contributed by atoms with van der Waals surface area (Å²) < 4.78 is 5.35. The summed E-state index contributed by atoms with van der Waals surface area (Å²) in [4.78, 5) is 2.22. The summed E-state index contributed by atoms with van der Waals surface area (Å²) >= 11 is 0. The van der Waals surface area contributed by atoms with Crippen molar-refractivity contribution in [2.24, 2.45) is 0 Å². The van der Waals surface area contributed by atoms with Gasteiger partial charge in [0, 0.05) is 0 Å². The molecule has 1 heterocycles. The second-order valence-electron chi connectivity index (χ2n) is 3.18. The third-order valence-electron chi connectivity index (χ3n) is 2.29. The van der Waals surface area contributed by atoms with E-state index in [1.807, 2.05) is 6.07 Å². The molecule has 2 heteroatoms. The molecule has 0 radical (unpaired) electrons. The topological polar surface area (TPSA) is 12.5 Å². The highest BCUT2D eigenvalue weighted by molar-refractivity contribution is 5.19. The first-order valence-electron chi connectivity index (χ1n) is 4.21. The number of nitrogens with zero attached hydrogens (tertiary/aromatic N) is 1. The van der Waals surface area contributed by atoms with Gasteiger partial charge < -0.3 is 4.74 Å². The quantitative estimate of drug-likeness (QED) is 0.624. The lowest BCUT2D eigenvalue weighted by molar-refractivity contribution is 0.153. The van der Waals surface area contributed by atoms with Crippen LogP contribution in [0.1, 0.15) is 11.6 Å². The lowest BCUT2D eigenvalue weighted by Gasteiger charge is -2.16. The van der Waals surface area contributed by atoms with Crippen LogP contribution in [0.15, 0.2) is 30.3 Å². The van der Waals surface area contributed by atoms with Crippen LogP contribution in [-0.4, -0.2) is 25.3 Å². The van der Waals surface area contributed by atoms with Gasteiger partial charge in [-0.15, -0.1) is 0 Å². The maximum atomic E-state index is 5.35. The molecular formula is C10H13NO. The molecule has 0 aromatic heterocycles. The maximum absolute atomic E-state index is 5.35. The van der Waals surface area contributed by atoms with E-state index in [2.05, 4.69) is 36.2 Å². The van der Waals surface area contributed by atoms with Crippen LogP contribution in [0, 0.1) is 0 Å². The van der Waals surface area contributed by atoms with Crippen LogP contribution in [0.2, 0.25) is 0 Å². The van der Waals surface area contributed by atoms with Crippen LogP contribution >= 0.6 is 0 Å². The summed E-state index contributed by atoms with van der Waals surface area (Å²) in [6, 6.07) is 10.9. The van der Waals surface area contributed by atoms with E-state index >= 15 is 0 Å². The minimum atomic E-state index is 0.450. The van der Waals surface area contributed by atoms with Crippen molar-refractivity contribution in [1.29, 1.82) is 0 Å². The Morgan fingerprint density at radius 1 is 1.33 bits per heavy atom. The van der Waals surface area contributed by atoms with Crippen molar-refractivity contribution in [3.8, 4) is 0 Å². The molecule has 12 heavy (non-hydrogen) atoms. The number of rotatable bonds is 1. The Morgan fingerprint density at radius 3 is 2.67 bits per heavy atom. The Balaban J connectivity index is 2.19. The van der Waals surface area contributed by atoms with Crippen molar-refractivity contribution >= 4 is 0 Å². The van der Waals surface area contributed by atoms with Crippen LogP contribution in [0.25, 0.3) is 0 Å². The molecule has 64 valence electrons. The highest BCUT2D eigenvalue weighted by Gasteiger charge is 2.22. The van der Waals surface area contributed by atoms with E-state index in [-0.39, 0.29) is 0 Å². The van der Waals surface area contributed by atoms with Crippen LogP contribution in [0.5, 0.6) is 0 Å². The van der Waals surface area contributed by atoms with Gasteiger partial charge in [0.1, 0.15) is 0 Å². The van der Waals surface area contributed by atoms with Crippen LogP contribution in [0.3, 0.4) is 0 Å². The van der Waals surface area contributed by atoms with Gasteiger partial charge in [-0.3, -0.25) is 4.90 Å². The van der Waals surface area contributed by atoms with E-state index in [0.29, 0.717) is 6.04 Å². The third kappa shape index (κ3) is 1.36. The Bertz CT molecular complexity index is 247. The second-order valence-corrected chi connectivity index (χ2v) is 3.18. The molecule has 1 aliphatic rings. The lowest BCUT2D eigenvalue weighted by atomic mass is 10.1. The molecule has 1 atom stereocenters. The van der Waals surface area contributed by atoms with Gasteiger partial charge in [0.05, 0.1) is 19.4 Å². The van der Waals surface area contributed by atoms with Crippen LogP contribution in [-0.2, 0) is 4.74 Å². The number of hydrogen-bond acceptors (Lipinski definition) is 2. The zero-order chi connectivity index (χ0) is 8.39. The van der Waals surface area contributed by atoms with Gasteiger partial charge in [-0.25, -0.2) is 0 Å². The van der Waals surface area contributed by atoms with Gasteiger partial charge in [-0.05, 0) is 12.6 Å². The molecule has 1 unspecified atom stereocenters. The first-order valence-corrected chi connectivity index (χ1v) is 4.21. The molecule has 2 rings (SSSR count). The Labute approximate surface area is 72.8 Å². The first kappa shape index (κ1) is 7.77. The molecule has 1 aromatic carbocycles. The molecule has 1 aromatic rings. The van der Waals surface area contributed by atoms with E-state index in [9.17, 15) is 0 Å². The van der Waals surface area contributed by atoms with E-state index < -0.39 is 0 Å². The predicted octanol–water partition coefficient (Wildman–Crippen LogP) is 1.65. The van der Waals surface area contributed by atoms with Crippen molar-refractivity contribution in [2.45, 2.75) is 6.04 Å². The second kappa shape index (κ2) is 3.25. The summed E-state index contributed by atoms with van der Waals surface area (Å²) in [6.07, 6.45) is 0. The highest BCUT2D eigenvalue weighted by Crippen LogP contribution is 2.23. The van der Waals surface area contributed by atoms with Crippen molar-refractivity contribution in [1.82, 2.24) is 4.90 Å². The molecule has 1 saturated heterocycles. The average molecular weight is 163 g/mol. The Hall–Kier alpha value is -0.860. The number of hydrogen-bond donors (Lipinski definition) is 0. The molecule has 0 spiro atoms. The Kier molecular flexibility index (Phi) is 2.11. The molecule has 0 bridgehead atoms. The number of likely N-dealkylation sites (N-methyl/N-ethyl adjacent to an activating group) is 1. The maximum Gasteiger partial charge on any atom is 0.0994 e. The van der Waals surface area contributed by atoms with E-state index in [0.717, 1.165) is 13.3 Å². The third-order valence-corrected chi connectivity index (χ3v) is 2.29. The smallest absolute Gasteiger partial charge is 0.0994 e. The molecule has 0 saturated carbocycles. The lowest BCUT2D eigenvalue weighted by Crippen LogP contribution is -2.18. The predicted molar refractivity (Wildman–Crippen MR) is 47.8 cm³/mol. The standard InChI is InChI=1S/C10H13NO/c1-11-8-12-7-10(11)9-5-3-2-4-6-9/h2-6,10H,7-8H2,1H3. The summed E-state index contributed by atoms with van der Waals surface area (Å²) in [6.45, 7) is 1.57. The van der Waals surface area contributed by atoms with Crippen molar-refractivity contribution < 1.29 is 4.74 Å². The fourth-order valence-corrected chi connectivity index (χ4v) is 1.55. The van der Waals surface area contributed by atoms with Gasteiger partial charge in [0.15, 0.2) is 0 Å². The largest absolute Gasteiger partial charge is 0.364 e. The van der Waals surface area contributed by atoms with Crippen LogP contribution in [0.4, 0.5) is 0 Å². The first-order chi connectivity index (χ1) is 5.88.